The first kappa shape index (κ1) is 11.7. The molecule has 1 rings (SSSR count). The van der Waals surface area contributed by atoms with E-state index in [1.165, 1.54) is 0 Å². The van der Waals surface area contributed by atoms with E-state index in [1.54, 1.807) is 0 Å². The smallest absolute Gasteiger partial charge is 0.0647 e. The van der Waals surface area contributed by atoms with Gasteiger partial charge in [0.05, 0.1) is 12.2 Å². The fourth-order valence-corrected chi connectivity index (χ4v) is 2.69. The van der Waals surface area contributed by atoms with Crippen LogP contribution in [0.15, 0.2) is 12.2 Å². The first-order valence-corrected chi connectivity index (χ1v) is 5.30. The number of rotatable bonds is 1. The predicted octanol–water partition coefficient (Wildman–Crippen LogP) is 1.97. The summed E-state index contributed by atoms with van der Waals surface area (Å²) in [5.74, 6) is 0.171. The maximum atomic E-state index is 10.1. The Morgan fingerprint density at radius 2 is 1.86 bits per heavy atom. The van der Waals surface area contributed by atoms with Crippen LogP contribution in [0.25, 0.3) is 0 Å². The molecule has 0 unspecified atom stereocenters. The summed E-state index contributed by atoms with van der Waals surface area (Å²) in [4.78, 5) is 0. The SMILES string of the molecule is C=C(C)[C@@H]1C[C@@H](O)[C@@H](C)[C@H](O)C1(C)C. The van der Waals surface area contributed by atoms with Gasteiger partial charge in [-0.3, -0.25) is 0 Å². The maximum Gasteiger partial charge on any atom is 0.0647 e. The summed E-state index contributed by atoms with van der Waals surface area (Å²) >= 11 is 0. The molecule has 0 amide bonds. The Labute approximate surface area is 86.6 Å². The molecule has 82 valence electrons. The third-order valence-electron chi connectivity index (χ3n) is 3.84. The third kappa shape index (κ3) is 1.73. The molecule has 2 heteroatoms. The summed E-state index contributed by atoms with van der Waals surface area (Å²) in [5, 5.41) is 19.9. The van der Waals surface area contributed by atoms with E-state index >= 15 is 0 Å². The largest absolute Gasteiger partial charge is 0.393 e. The van der Waals surface area contributed by atoms with Crippen LogP contribution in [0, 0.1) is 17.3 Å². The molecular formula is C12H22O2. The van der Waals surface area contributed by atoms with Gasteiger partial charge >= 0.3 is 0 Å². The van der Waals surface area contributed by atoms with Crippen LogP contribution < -0.4 is 0 Å². The molecule has 1 saturated carbocycles. The molecule has 0 radical (unpaired) electrons. The second kappa shape index (κ2) is 3.67. The fraction of sp³-hybridized carbons (Fsp3) is 0.833. The molecule has 0 spiro atoms. The molecular weight excluding hydrogens is 176 g/mol. The van der Waals surface area contributed by atoms with E-state index in [9.17, 15) is 10.2 Å². The Morgan fingerprint density at radius 1 is 1.36 bits per heavy atom. The van der Waals surface area contributed by atoms with Gasteiger partial charge in [-0.2, -0.15) is 0 Å². The molecule has 0 aromatic carbocycles. The Bertz CT molecular complexity index is 232. The second-order valence-corrected chi connectivity index (χ2v) is 5.33. The summed E-state index contributed by atoms with van der Waals surface area (Å²) in [6.07, 6.45) is -0.131. The number of hydrogen-bond donors (Lipinski definition) is 2. The zero-order valence-electron chi connectivity index (χ0n) is 9.62. The molecule has 0 aromatic heterocycles. The van der Waals surface area contributed by atoms with Crippen molar-refractivity contribution in [2.45, 2.75) is 46.3 Å². The fourth-order valence-electron chi connectivity index (χ4n) is 2.69. The first-order valence-electron chi connectivity index (χ1n) is 5.30. The minimum atomic E-state index is -0.451. The molecule has 0 heterocycles. The van der Waals surface area contributed by atoms with Crippen molar-refractivity contribution < 1.29 is 10.2 Å². The van der Waals surface area contributed by atoms with Crippen molar-refractivity contribution in [1.29, 1.82) is 0 Å². The molecule has 0 aliphatic heterocycles. The lowest BCUT2D eigenvalue weighted by Gasteiger charge is -2.48. The lowest BCUT2D eigenvalue weighted by molar-refractivity contribution is -0.108. The predicted molar refractivity (Wildman–Crippen MR) is 57.9 cm³/mol. The Hall–Kier alpha value is -0.340. The Morgan fingerprint density at radius 3 is 2.29 bits per heavy atom. The van der Waals surface area contributed by atoms with Crippen LogP contribution >= 0.6 is 0 Å². The lowest BCUT2D eigenvalue weighted by atomic mass is 9.60. The molecule has 0 saturated heterocycles. The van der Waals surface area contributed by atoms with Gasteiger partial charge in [0.1, 0.15) is 0 Å². The van der Waals surface area contributed by atoms with Crippen molar-refractivity contribution in [2.75, 3.05) is 0 Å². The van der Waals surface area contributed by atoms with Crippen molar-refractivity contribution in [2.24, 2.45) is 17.3 Å². The minimum Gasteiger partial charge on any atom is -0.393 e. The van der Waals surface area contributed by atoms with Gasteiger partial charge in [-0.25, -0.2) is 0 Å². The molecule has 14 heavy (non-hydrogen) atoms. The molecule has 2 nitrogen and oxygen atoms in total. The highest BCUT2D eigenvalue weighted by atomic mass is 16.3. The quantitative estimate of drug-likeness (QED) is 0.632. The highest BCUT2D eigenvalue weighted by Crippen LogP contribution is 2.46. The van der Waals surface area contributed by atoms with E-state index in [2.05, 4.69) is 20.4 Å². The van der Waals surface area contributed by atoms with Crippen molar-refractivity contribution in [3.8, 4) is 0 Å². The molecule has 0 aromatic rings. The summed E-state index contributed by atoms with van der Waals surface area (Å²) in [6.45, 7) is 11.9. The summed E-state index contributed by atoms with van der Waals surface area (Å²) in [5.41, 5.74) is 0.879. The molecule has 1 aliphatic carbocycles. The zero-order chi connectivity index (χ0) is 11.1. The van der Waals surface area contributed by atoms with E-state index in [0.717, 1.165) is 12.0 Å². The normalized spacial score (nSPS) is 42.1. The minimum absolute atomic E-state index is 0.0411. The van der Waals surface area contributed by atoms with E-state index in [-0.39, 0.29) is 17.3 Å². The average molecular weight is 198 g/mol. The summed E-state index contributed by atoms with van der Waals surface area (Å²) < 4.78 is 0. The van der Waals surface area contributed by atoms with Gasteiger partial charge in [0.25, 0.3) is 0 Å². The van der Waals surface area contributed by atoms with Gasteiger partial charge in [-0.1, -0.05) is 32.9 Å². The van der Waals surface area contributed by atoms with Gasteiger partial charge in [0.15, 0.2) is 0 Å². The average Bonchev–Trinajstić information content (AvgIpc) is 2.08. The number of allylic oxidation sites excluding steroid dienone is 1. The van der Waals surface area contributed by atoms with E-state index < -0.39 is 12.2 Å². The van der Waals surface area contributed by atoms with Crippen LogP contribution in [0.4, 0.5) is 0 Å². The highest BCUT2D eigenvalue weighted by Gasteiger charge is 2.46. The first-order chi connectivity index (χ1) is 6.28. The van der Waals surface area contributed by atoms with Crippen molar-refractivity contribution in [1.82, 2.24) is 0 Å². The standard InChI is InChI=1S/C12H22O2/c1-7(2)9-6-10(13)8(3)11(14)12(9,4)5/h8-11,13-14H,1,6H2,2-5H3/t8-,9+,10-,11+/m1/s1. The molecule has 0 bridgehead atoms. The monoisotopic (exact) mass is 198 g/mol. The number of aliphatic hydroxyl groups is 2. The van der Waals surface area contributed by atoms with E-state index in [4.69, 9.17) is 0 Å². The van der Waals surface area contributed by atoms with Gasteiger partial charge in [-0.05, 0) is 24.7 Å². The van der Waals surface area contributed by atoms with Crippen molar-refractivity contribution >= 4 is 0 Å². The van der Waals surface area contributed by atoms with Gasteiger partial charge < -0.3 is 10.2 Å². The van der Waals surface area contributed by atoms with Crippen LogP contribution in [-0.4, -0.2) is 22.4 Å². The number of aliphatic hydroxyl groups excluding tert-OH is 2. The van der Waals surface area contributed by atoms with Crippen molar-refractivity contribution in [3.63, 3.8) is 0 Å². The van der Waals surface area contributed by atoms with Crippen molar-refractivity contribution in [3.05, 3.63) is 12.2 Å². The van der Waals surface area contributed by atoms with Gasteiger partial charge in [0.2, 0.25) is 0 Å². The van der Waals surface area contributed by atoms with Gasteiger partial charge in [-0.15, -0.1) is 0 Å². The second-order valence-electron chi connectivity index (χ2n) is 5.33. The molecule has 1 fully saturated rings. The van der Waals surface area contributed by atoms with Gasteiger partial charge in [0, 0.05) is 5.92 Å². The summed E-state index contributed by atoms with van der Waals surface area (Å²) in [7, 11) is 0. The zero-order valence-corrected chi connectivity index (χ0v) is 9.62. The molecule has 1 aliphatic rings. The molecule has 4 atom stereocenters. The third-order valence-corrected chi connectivity index (χ3v) is 3.84. The van der Waals surface area contributed by atoms with Crippen LogP contribution in [0.2, 0.25) is 0 Å². The van der Waals surface area contributed by atoms with E-state index in [0.29, 0.717) is 0 Å². The van der Waals surface area contributed by atoms with Crippen LogP contribution in [0.5, 0.6) is 0 Å². The highest BCUT2D eigenvalue weighted by molar-refractivity contribution is 5.09. The van der Waals surface area contributed by atoms with Crippen LogP contribution in [0.1, 0.15) is 34.1 Å². The Kier molecular flexibility index (Phi) is 3.07. The Balaban J connectivity index is 2.95. The number of hydrogen-bond acceptors (Lipinski definition) is 2. The lowest BCUT2D eigenvalue weighted by Crippen LogP contribution is -2.51. The van der Waals surface area contributed by atoms with Crippen LogP contribution in [-0.2, 0) is 0 Å². The van der Waals surface area contributed by atoms with Crippen LogP contribution in [0.3, 0.4) is 0 Å². The van der Waals surface area contributed by atoms with E-state index in [1.807, 2.05) is 13.8 Å². The summed E-state index contributed by atoms with van der Waals surface area (Å²) in [6, 6.07) is 0. The topological polar surface area (TPSA) is 40.5 Å². The maximum absolute atomic E-state index is 10.1. The molecule has 2 N–H and O–H groups in total.